The number of morpholine rings is 1. The van der Waals surface area contributed by atoms with E-state index in [1.165, 1.54) is 28.7 Å². The first kappa shape index (κ1) is 48.4. The summed E-state index contributed by atoms with van der Waals surface area (Å²) in [7, 11) is 1.81. The van der Waals surface area contributed by atoms with Crippen LogP contribution < -0.4 is 9.64 Å². The lowest BCUT2D eigenvalue weighted by molar-refractivity contribution is -0.131. The molecule has 0 spiro atoms. The molecule has 4 atom stereocenters. The second-order valence-corrected chi connectivity index (χ2v) is 18.9. The van der Waals surface area contributed by atoms with Crippen LogP contribution in [0.2, 0.25) is 0 Å². The van der Waals surface area contributed by atoms with Crippen molar-refractivity contribution in [2.24, 2.45) is 7.05 Å². The number of benzene rings is 4. The molecule has 0 radical (unpaired) electrons. The van der Waals surface area contributed by atoms with E-state index >= 15 is 14.0 Å². The molecule has 4 aromatic carbocycles. The third-order valence-corrected chi connectivity index (χ3v) is 14.8. The Labute approximate surface area is 406 Å². The predicted octanol–water partition coefficient (Wildman–Crippen LogP) is 7.50. The summed E-state index contributed by atoms with van der Waals surface area (Å²) >= 11 is 0. The van der Waals surface area contributed by atoms with Crippen LogP contribution in [0.4, 0.5) is 18.9 Å². The number of hydrogen-bond donors (Lipinski definition) is 1. The molecular weight excluding hydrogens is 900 g/mol. The van der Waals surface area contributed by atoms with Crippen molar-refractivity contribution >= 4 is 23.4 Å². The number of likely N-dealkylation sites (tertiary alicyclic amines) is 1. The number of fused-ring (bicyclic) bond motifs is 2. The summed E-state index contributed by atoms with van der Waals surface area (Å²) in [6.45, 7) is 7.52. The Hall–Kier alpha value is -6.67. The number of halogens is 3. The van der Waals surface area contributed by atoms with Gasteiger partial charge in [-0.3, -0.25) is 19.3 Å². The van der Waals surface area contributed by atoms with Crippen molar-refractivity contribution in [3.63, 3.8) is 0 Å². The van der Waals surface area contributed by atoms with Gasteiger partial charge in [0.1, 0.15) is 30.0 Å². The molecule has 2 saturated heterocycles. The number of amides is 3. The zero-order chi connectivity index (χ0) is 49.4. The first-order chi connectivity index (χ1) is 33.7. The lowest BCUT2D eigenvalue weighted by atomic mass is 9.89. The SMILES string of the molecule is Cc1c(C(=O)N(c2ccc(O)cc2)C2CC(C#N)N(C(F)F)C2C)cc(-c2cc3c(cc2C(=O)N2Cc4ccccc4C[C@H]2C)CN(C(=O)Cc2ccc(OCCN4CCOCC4)cc2F)CC3)n1C. The standard InChI is InChI=1S/C54H58F3N7O6/c1-33-23-36-7-5-6-8-39(36)32-62(33)52(67)47-25-40-31-61(51(66)26-38-9-14-44(28-48(38)55)70-22-19-60-17-20-69-21-18-60)16-15-37(40)24-46(47)50-29-45(34(2)59(50)4)53(68)64(41-10-12-43(65)13-11-41)49-27-42(30-58)63(35(49)3)54(56)57/h5-14,24-25,28-29,33,35,42,49,54,65H,15-23,26-27,31-32H2,1-4H3/t33-,35?,42?,49?/m1/s1. The van der Waals surface area contributed by atoms with Crippen LogP contribution in [-0.4, -0.2) is 124 Å². The molecule has 1 N–H and O–H groups in total. The van der Waals surface area contributed by atoms with Crippen molar-refractivity contribution in [1.82, 2.24) is 24.2 Å². The summed E-state index contributed by atoms with van der Waals surface area (Å²) in [4.78, 5) is 52.2. The highest BCUT2D eigenvalue weighted by atomic mass is 19.3. The minimum absolute atomic E-state index is 0.0280. The van der Waals surface area contributed by atoms with Crippen molar-refractivity contribution in [3.8, 4) is 28.8 Å². The van der Waals surface area contributed by atoms with Crippen LogP contribution in [0.25, 0.3) is 11.3 Å². The molecule has 0 aliphatic carbocycles. The van der Waals surface area contributed by atoms with E-state index in [9.17, 15) is 23.9 Å². The van der Waals surface area contributed by atoms with E-state index in [0.29, 0.717) is 86.2 Å². The van der Waals surface area contributed by atoms with E-state index < -0.39 is 36.4 Å². The average molecular weight is 958 g/mol. The van der Waals surface area contributed by atoms with E-state index in [1.807, 2.05) is 59.8 Å². The third kappa shape index (κ3) is 9.62. The van der Waals surface area contributed by atoms with Crippen LogP contribution in [0.5, 0.6) is 11.5 Å². The van der Waals surface area contributed by atoms with Gasteiger partial charge in [-0.1, -0.05) is 30.3 Å². The van der Waals surface area contributed by atoms with Gasteiger partial charge >= 0.3 is 0 Å². The number of nitriles is 1. The zero-order valence-electron chi connectivity index (χ0n) is 39.9. The molecule has 3 unspecified atom stereocenters. The van der Waals surface area contributed by atoms with Gasteiger partial charge in [0, 0.05) is 92.7 Å². The largest absolute Gasteiger partial charge is 0.508 e. The van der Waals surface area contributed by atoms with Gasteiger partial charge in [-0.15, -0.1) is 0 Å². The Balaban J connectivity index is 1.03. The molecule has 5 aromatic rings. The van der Waals surface area contributed by atoms with Crippen LogP contribution in [0.15, 0.2) is 84.9 Å². The van der Waals surface area contributed by atoms with E-state index in [1.54, 1.807) is 49.1 Å². The third-order valence-electron chi connectivity index (χ3n) is 14.8. The van der Waals surface area contributed by atoms with Gasteiger partial charge in [-0.05, 0) is 116 Å². The molecule has 366 valence electrons. The fourth-order valence-corrected chi connectivity index (χ4v) is 10.6. The van der Waals surface area contributed by atoms with Crippen LogP contribution in [-0.2, 0) is 48.9 Å². The Morgan fingerprint density at radius 2 is 1.66 bits per heavy atom. The van der Waals surface area contributed by atoms with Gasteiger partial charge in [0.15, 0.2) is 0 Å². The second kappa shape index (κ2) is 20.4. The fourth-order valence-electron chi connectivity index (χ4n) is 10.6. The Morgan fingerprint density at radius 1 is 0.914 bits per heavy atom. The maximum atomic E-state index is 15.5. The fraction of sp³-hybridized carbons (Fsp3) is 0.407. The first-order valence-electron chi connectivity index (χ1n) is 24.0. The maximum absolute atomic E-state index is 15.5. The van der Waals surface area contributed by atoms with Gasteiger partial charge in [0.2, 0.25) is 5.91 Å². The number of aromatic hydroxyl groups is 1. The summed E-state index contributed by atoms with van der Waals surface area (Å²) < 4.78 is 57.4. The van der Waals surface area contributed by atoms with Crippen LogP contribution in [0.1, 0.15) is 74.5 Å². The molecule has 4 aliphatic rings. The summed E-state index contributed by atoms with van der Waals surface area (Å²) in [6.07, 6.45) is 0.937. The first-order valence-corrected chi connectivity index (χ1v) is 24.0. The summed E-state index contributed by atoms with van der Waals surface area (Å²) in [5.74, 6) is -1.13. The van der Waals surface area contributed by atoms with Crippen molar-refractivity contribution in [2.75, 3.05) is 50.9 Å². The molecule has 5 heterocycles. The van der Waals surface area contributed by atoms with Crippen LogP contribution in [0.3, 0.4) is 0 Å². The van der Waals surface area contributed by atoms with Gasteiger partial charge in [-0.2, -0.15) is 14.0 Å². The Morgan fingerprint density at radius 3 is 2.36 bits per heavy atom. The number of anilines is 1. The highest BCUT2D eigenvalue weighted by molar-refractivity contribution is 6.09. The van der Waals surface area contributed by atoms with E-state index in [-0.39, 0.29) is 54.1 Å². The zero-order valence-corrected chi connectivity index (χ0v) is 39.9. The number of rotatable bonds is 12. The van der Waals surface area contributed by atoms with Gasteiger partial charge in [0.05, 0.1) is 37.3 Å². The van der Waals surface area contributed by atoms with Crippen molar-refractivity contribution in [2.45, 2.75) is 90.3 Å². The van der Waals surface area contributed by atoms with Crippen molar-refractivity contribution in [3.05, 3.63) is 135 Å². The molecule has 16 heteroatoms. The number of alkyl halides is 2. The maximum Gasteiger partial charge on any atom is 0.296 e. The predicted molar refractivity (Wildman–Crippen MR) is 257 cm³/mol. The molecule has 70 heavy (non-hydrogen) atoms. The van der Waals surface area contributed by atoms with Crippen LogP contribution >= 0.6 is 0 Å². The molecule has 1 aromatic heterocycles. The number of ether oxygens (including phenoxy) is 2. The quantitative estimate of drug-likeness (QED) is 0.126. The highest BCUT2D eigenvalue weighted by Crippen LogP contribution is 2.39. The average Bonchev–Trinajstić information content (AvgIpc) is 3.85. The molecular formula is C54H58F3N7O6. The molecule has 0 saturated carbocycles. The molecule has 3 amide bonds. The minimum Gasteiger partial charge on any atom is -0.508 e. The molecule has 13 nitrogen and oxygen atoms in total. The molecule has 4 aliphatic heterocycles. The topological polar surface area (TPSA) is 135 Å². The number of hydrogen-bond acceptors (Lipinski definition) is 9. The second-order valence-electron chi connectivity index (χ2n) is 18.9. The van der Waals surface area contributed by atoms with E-state index in [2.05, 4.69) is 11.0 Å². The van der Waals surface area contributed by atoms with Gasteiger partial charge < -0.3 is 33.8 Å². The number of phenolic OH excluding ortho intramolecular Hbond substituents is 1. The number of carbonyl (C=O) groups excluding carboxylic acids is 3. The van der Waals surface area contributed by atoms with E-state index in [4.69, 9.17) is 9.47 Å². The Kier molecular flexibility index (Phi) is 14.1. The molecule has 0 bridgehead atoms. The van der Waals surface area contributed by atoms with Crippen molar-refractivity contribution in [1.29, 1.82) is 5.26 Å². The summed E-state index contributed by atoms with van der Waals surface area (Å²) in [6, 6.07) is 23.2. The number of aromatic nitrogens is 1. The number of phenols is 1. The Bertz CT molecular complexity index is 2820. The molecule has 2 fully saturated rings. The van der Waals surface area contributed by atoms with Gasteiger partial charge in [-0.25, -0.2) is 9.29 Å². The monoisotopic (exact) mass is 957 g/mol. The lowest BCUT2D eigenvalue weighted by Gasteiger charge is -2.36. The van der Waals surface area contributed by atoms with E-state index in [0.717, 1.165) is 34.7 Å². The molecule has 9 rings (SSSR count). The smallest absolute Gasteiger partial charge is 0.296 e. The normalized spacial score (nSPS) is 20.5. The lowest BCUT2D eigenvalue weighted by Crippen LogP contribution is -2.48. The van der Waals surface area contributed by atoms with Crippen LogP contribution in [0, 0.1) is 24.1 Å². The summed E-state index contributed by atoms with van der Waals surface area (Å²) in [5.41, 5.74) is 6.94. The minimum atomic E-state index is -2.93. The summed E-state index contributed by atoms with van der Waals surface area (Å²) in [5, 5.41) is 20.1. The van der Waals surface area contributed by atoms with Gasteiger partial charge in [0.25, 0.3) is 18.4 Å². The number of carbonyl (C=O) groups is 3. The van der Waals surface area contributed by atoms with Crippen molar-refractivity contribution < 1.29 is 42.1 Å². The number of nitrogens with zero attached hydrogens (tertiary/aromatic N) is 7. The highest BCUT2D eigenvalue weighted by Gasteiger charge is 2.47.